The van der Waals surface area contributed by atoms with E-state index < -0.39 is 11.7 Å². The Balaban J connectivity index is 1.29. The van der Waals surface area contributed by atoms with Gasteiger partial charge in [0, 0.05) is 25.1 Å². The highest BCUT2D eigenvalue weighted by Crippen LogP contribution is 2.34. The Morgan fingerprint density at radius 2 is 1.84 bits per heavy atom. The van der Waals surface area contributed by atoms with Crippen LogP contribution in [0.4, 0.5) is 13.2 Å². The Kier molecular flexibility index (Phi) is 7.05. The zero-order valence-electron chi connectivity index (χ0n) is 20.7. The minimum atomic E-state index is -4.44. The number of amides is 1. The number of halogens is 3. The van der Waals surface area contributed by atoms with Crippen LogP contribution >= 0.6 is 0 Å². The highest BCUT2D eigenvalue weighted by molar-refractivity contribution is 5.93. The fourth-order valence-electron chi connectivity index (χ4n) is 4.45. The van der Waals surface area contributed by atoms with E-state index in [2.05, 4.69) is 14.9 Å². The van der Waals surface area contributed by atoms with Crippen molar-refractivity contribution >= 4 is 5.91 Å². The Bertz CT molecular complexity index is 1440. The SMILES string of the molecule is C[C@@H](NC(=O)c1cc(-c2ccn(C3COC3)c2)ccn1)c1ccc(-c2cc(C(F)(F)F)ccc2CN)cc1. The molecule has 9 heteroatoms. The largest absolute Gasteiger partial charge is 0.416 e. The molecule has 1 aliphatic heterocycles. The number of nitrogens with zero attached hydrogens (tertiary/aromatic N) is 2. The van der Waals surface area contributed by atoms with Crippen molar-refractivity contribution in [1.29, 1.82) is 0 Å². The summed E-state index contributed by atoms with van der Waals surface area (Å²) >= 11 is 0. The lowest BCUT2D eigenvalue weighted by Gasteiger charge is -2.27. The first-order chi connectivity index (χ1) is 18.2. The Hall–Kier alpha value is -3.95. The molecule has 1 atom stereocenters. The van der Waals surface area contributed by atoms with Crippen molar-refractivity contribution in [2.45, 2.75) is 31.7 Å². The number of benzene rings is 2. The molecule has 1 fully saturated rings. The molecule has 1 saturated heterocycles. The molecule has 38 heavy (non-hydrogen) atoms. The predicted octanol–water partition coefficient (Wildman–Crippen LogP) is 5.76. The minimum absolute atomic E-state index is 0.119. The lowest BCUT2D eigenvalue weighted by Crippen LogP contribution is -2.29. The summed E-state index contributed by atoms with van der Waals surface area (Å²) in [7, 11) is 0. The molecule has 0 bridgehead atoms. The summed E-state index contributed by atoms with van der Waals surface area (Å²) in [5.41, 5.74) is 9.69. The number of ether oxygens (including phenoxy) is 1. The fourth-order valence-corrected chi connectivity index (χ4v) is 4.45. The molecule has 2 aromatic carbocycles. The molecule has 4 aromatic rings. The predicted molar refractivity (Wildman–Crippen MR) is 138 cm³/mol. The second kappa shape index (κ2) is 10.4. The monoisotopic (exact) mass is 520 g/mol. The standard InChI is InChI=1S/C29H27F3N4O2/c1-18(19-2-4-20(5-3-19)26-13-24(29(30,31)32)7-6-22(26)14-33)35-28(37)27-12-21(8-10-34-27)23-9-11-36(15-23)25-16-38-17-25/h2-13,15,18,25H,14,16-17,33H2,1H3,(H,35,37)/t18-/m1/s1. The lowest BCUT2D eigenvalue weighted by atomic mass is 9.95. The summed E-state index contributed by atoms with van der Waals surface area (Å²) in [5.74, 6) is -0.321. The van der Waals surface area contributed by atoms with Crippen LogP contribution in [0.5, 0.6) is 0 Å². The van der Waals surface area contributed by atoms with Crippen LogP contribution in [0.3, 0.4) is 0 Å². The number of nitrogens with one attached hydrogen (secondary N) is 1. The van der Waals surface area contributed by atoms with Crippen molar-refractivity contribution in [1.82, 2.24) is 14.9 Å². The maximum absolute atomic E-state index is 13.2. The second-order valence-electron chi connectivity index (χ2n) is 9.36. The first-order valence-corrected chi connectivity index (χ1v) is 12.3. The van der Waals surface area contributed by atoms with Gasteiger partial charge in [-0.2, -0.15) is 13.2 Å². The van der Waals surface area contributed by atoms with Crippen molar-refractivity contribution in [3.8, 4) is 22.3 Å². The normalized spacial score (nSPS) is 14.7. The van der Waals surface area contributed by atoms with Crippen LogP contribution in [0, 0.1) is 0 Å². The van der Waals surface area contributed by atoms with E-state index in [9.17, 15) is 18.0 Å². The molecule has 196 valence electrons. The summed E-state index contributed by atoms with van der Waals surface area (Å²) in [4.78, 5) is 17.2. The highest BCUT2D eigenvalue weighted by Gasteiger charge is 2.31. The molecule has 3 heterocycles. The van der Waals surface area contributed by atoms with Gasteiger partial charge in [0.15, 0.2) is 0 Å². The van der Waals surface area contributed by atoms with Gasteiger partial charge in [0.2, 0.25) is 0 Å². The smallest absolute Gasteiger partial charge is 0.377 e. The van der Waals surface area contributed by atoms with Crippen LogP contribution in [-0.2, 0) is 17.5 Å². The van der Waals surface area contributed by atoms with Crippen LogP contribution in [0.2, 0.25) is 0 Å². The fraction of sp³-hybridized carbons (Fsp3) is 0.241. The number of aromatic nitrogens is 2. The summed E-state index contributed by atoms with van der Waals surface area (Å²) < 4.78 is 47.1. The van der Waals surface area contributed by atoms with Crippen LogP contribution in [0.15, 0.2) is 79.3 Å². The molecule has 2 aromatic heterocycles. The zero-order chi connectivity index (χ0) is 26.9. The number of hydrogen-bond acceptors (Lipinski definition) is 4. The number of pyridine rings is 1. The Labute approximate surface area is 218 Å². The number of alkyl halides is 3. The quantitative estimate of drug-likeness (QED) is 0.325. The molecule has 0 spiro atoms. The number of rotatable bonds is 7. The molecule has 6 nitrogen and oxygen atoms in total. The van der Waals surface area contributed by atoms with Gasteiger partial charge in [-0.15, -0.1) is 0 Å². The summed E-state index contributed by atoms with van der Waals surface area (Å²) in [6.45, 7) is 3.36. The average molecular weight is 521 g/mol. The Morgan fingerprint density at radius 1 is 1.08 bits per heavy atom. The van der Waals surface area contributed by atoms with Crippen molar-refractivity contribution in [3.05, 3.63) is 102 Å². The summed E-state index contributed by atoms with van der Waals surface area (Å²) in [6, 6.07) is 16.2. The highest BCUT2D eigenvalue weighted by atomic mass is 19.4. The molecule has 0 aliphatic carbocycles. The van der Waals surface area contributed by atoms with Gasteiger partial charge in [-0.05, 0) is 70.6 Å². The van der Waals surface area contributed by atoms with E-state index in [0.29, 0.717) is 41.6 Å². The number of hydrogen-bond donors (Lipinski definition) is 2. The van der Waals surface area contributed by atoms with E-state index in [0.717, 1.165) is 28.8 Å². The van der Waals surface area contributed by atoms with Gasteiger partial charge in [-0.1, -0.05) is 30.3 Å². The van der Waals surface area contributed by atoms with Gasteiger partial charge in [-0.3, -0.25) is 9.78 Å². The molecule has 0 unspecified atom stereocenters. The van der Waals surface area contributed by atoms with E-state index >= 15 is 0 Å². The second-order valence-corrected chi connectivity index (χ2v) is 9.36. The van der Waals surface area contributed by atoms with Crippen molar-refractivity contribution in [2.75, 3.05) is 13.2 Å². The van der Waals surface area contributed by atoms with E-state index in [4.69, 9.17) is 10.5 Å². The molecular weight excluding hydrogens is 493 g/mol. The Morgan fingerprint density at radius 3 is 2.50 bits per heavy atom. The van der Waals surface area contributed by atoms with Crippen LogP contribution < -0.4 is 11.1 Å². The molecule has 0 saturated carbocycles. The molecule has 1 aliphatic rings. The van der Waals surface area contributed by atoms with E-state index in [-0.39, 0.29) is 18.5 Å². The number of nitrogens with two attached hydrogens (primary N) is 1. The third kappa shape index (κ3) is 5.34. The van der Waals surface area contributed by atoms with Gasteiger partial charge in [-0.25, -0.2) is 0 Å². The number of carbonyl (C=O) groups is 1. The maximum atomic E-state index is 13.2. The van der Waals surface area contributed by atoms with Crippen molar-refractivity contribution in [2.24, 2.45) is 5.73 Å². The molecule has 1 amide bonds. The molecule has 0 radical (unpaired) electrons. The van der Waals surface area contributed by atoms with Gasteiger partial charge >= 0.3 is 6.18 Å². The first kappa shape index (κ1) is 25.7. The maximum Gasteiger partial charge on any atom is 0.416 e. The van der Waals surface area contributed by atoms with Crippen LogP contribution in [-0.4, -0.2) is 28.7 Å². The van der Waals surface area contributed by atoms with E-state index in [1.54, 1.807) is 36.5 Å². The van der Waals surface area contributed by atoms with Gasteiger partial charge < -0.3 is 20.4 Å². The van der Waals surface area contributed by atoms with Crippen LogP contribution in [0.1, 0.15) is 46.2 Å². The van der Waals surface area contributed by atoms with Crippen LogP contribution in [0.25, 0.3) is 22.3 Å². The summed E-state index contributed by atoms with van der Waals surface area (Å²) in [6.07, 6.45) is 1.21. The van der Waals surface area contributed by atoms with Gasteiger partial charge in [0.1, 0.15) is 5.69 Å². The third-order valence-corrected chi connectivity index (χ3v) is 6.81. The topological polar surface area (TPSA) is 82.2 Å². The van der Waals surface area contributed by atoms with Gasteiger partial charge in [0.25, 0.3) is 5.91 Å². The van der Waals surface area contributed by atoms with Crippen molar-refractivity contribution in [3.63, 3.8) is 0 Å². The van der Waals surface area contributed by atoms with Gasteiger partial charge in [0.05, 0.1) is 30.9 Å². The molecular formula is C29H27F3N4O2. The first-order valence-electron chi connectivity index (χ1n) is 12.3. The van der Waals surface area contributed by atoms with E-state index in [1.165, 1.54) is 6.07 Å². The summed E-state index contributed by atoms with van der Waals surface area (Å²) in [5, 5.41) is 2.95. The molecule has 3 N–H and O–H groups in total. The minimum Gasteiger partial charge on any atom is -0.377 e. The zero-order valence-corrected chi connectivity index (χ0v) is 20.7. The average Bonchev–Trinajstić information content (AvgIpc) is 3.36. The lowest BCUT2D eigenvalue weighted by molar-refractivity contribution is -0.137. The molecule has 5 rings (SSSR count). The van der Waals surface area contributed by atoms with Crippen molar-refractivity contribution < 1.29 is 22.7 Å². The third-order valence-electron chi connectivity index (χ3n) is 6.81. The van der Waals surface area contributed by atoms with E-state index in [1.807, 2.05) is 31.5 Å². The number of carbonyl (C=O) groups excluding carboxylic acids is 1.